The fourth-order valence-corrected chi connectivity index (χ4v) is 2.69. The number of nitrogens with zero attached hydrogens (tertiary/aromatic N) is 1. The van der Waals surface area contributed by atoms with Crippen LogP contribution >= 0.6 is 11.3 Å². The molecule has 0 amide bonds. The highest BCUT2D eigenvalue weighted by atomic mass is 32.1. The minimum absolute atomic E-state index is 0.774. The van der Waals surface area contributed by atoms with Crippen molar-refractivity contribution in [1.82, 2.24) is 4.98 Å². The van der Waals surface area contributed by atoms with Crippen molar-refractivity contribution in [2.45, 2.75) is 25.3 Å². The molecule has 0 unspecified atom stereocenters. The molecule has 0 radical (unpaired) electrons. The van der Waals surface area contributed by atoms with E-state index in [2.05, 4.69) is 22.4 Å². The third-order valence-electron chi connectivity index (χ3n) is 2.74. The maximum absolute atomic E-state index is 4.47. The SMILES string of the molecule is c1ccc(NCc2cnc(C3CC3)s2)cc1. The molecule has 0 spiro atoms. The van der Waals surface area contributed by atoms with Crippen LogP contribution in [0, 0.1) is 0 Å². The van der Waals surface area contributed by atoms with Gasteiger partial charge in [0.15, 0.2) is 0 Å². The molecule has 1 aliphatic rings. The highest BCUT2D eigenvalue weighted by Gasteiger charge is 2.26. The fourth-order valence-electron chi connectivity index (χ4n) is 1.67. The van der Waals surface area contributed by atoms with Crippen molar-refractivity contribution in [3.8, 4) is 0 Å². The van der Waals surface area contributed by atoms with Crippen molar-refractivity contribution in [2.75, 3.05) is 5.32 Å². The maximum atomic E-state index is 4.47. The molecule has 3 heteroatoms. The molecular formula is C13H14N2S. The van der Waals surface area contributed by atoms with Gasteiger partial charge in [-0.15, -0.1) is 11.3 Å². The standard InChI is InChI=1S/C13H14N2S/c1-2-4-11(5-3-1)14-8-12-9-15-13(16-12)10-6-7-10/h1-5,9-10,14H,6-8H2. The van der Waals surface area contributed by atoms with E-state index < -0.39 is 0 Å². The summed E-state index contributed by atoms with van der Waals surface area (Å²) in [5.74, 6) is 0.774. The van der Waals surface area contributed by atoms with Crippen molar-refractivity contribution in [2.24, 2.45) is 0 Å². The predicted octanol–water partition coefficient (Wildman–Crippen LogP) is 3.63. The average molecular weight is 230 g/mol. The molecule has 1 aromatic heterocycles. The molecule has 0 bridgehead atoms. The molecule has 0 aliphatic heterocycles. The highest BCUT2D eigenvalue weighted by molar-refractivity contribution is 7.11. The molecule has 1 saturated carbocycles. The van der Waals surface area contributed by atoms with Crippen molar-refractivity contribution >= 4 is 17.0 Å². The minimum Gasteiger partial charge on any atom is -0.380 e. The topological polar surface area (TPSA) is 24.9 Å². The Balaban J connectivity index is 1.61. The zero-order valence-electron chi connectivity index (χ0n) is 9.02. The smallest absolute Gasteiger partial charge is 0.0959 e. The zero-order chi connectivity index (χ0) is 10.8. The Hall–Kier alpha value is -1.35. The van der Waals surface area contributed by atoms with Crippen LogP contribution in [0.4, 0.5) is 5.69 Å². The quantitative estimate of drug-likeness (QED) is 0.867. The van der Waals surface area contributed by atoms with E-state index >= 15 is 0 Å². The van der Waals surface area contributed by atoms with Gasteiger partial charge in [-0.3, -0.25) is 0 Å². The van der Waals surface area contributed by atoms with Gasteiger partial charge in [0.25, 0.3) is 0 Å². The van der Waals surface area contributed by atoms with Crippen molar-refractivity contribution in [1.29, 1.82) is 0 Å². The van der Waals surface area contributed by atoms with Crippen LogP contribution in [0.3, 0.4) is 0 Å². The summed E-state index contributed by atoms with van der Waals surface area (Å²) in [6.07, 6.45) is 4.67. The molecular weight excluding hydrogens is 216 g/mol. The molecule has 1 N–H and O–H groups in total. The predicted molar refractivity (Wildman–Crippen MR) is 67.9 cm³/mol. The highest BCUT2D eigenvalue weighted by Crippen LogP contribution is 2.41. The van der Waals surface area contributed by atoms with E-state index in [0.717, 1.165) is 12.5 Å². The van der Waals surface area contributed by atoms with Crippen LogP contribution in [0.15, 0.2) is 36.5 Å². The molecule has 1 aliphatic carbocycles. The van der Waals surface area contributed by atoms with Crippen LogP contribution in [0.1, 0.15) is 28.6 Å². The molecule has 82 valence electrons. The number of rotatable bonds is 4. The Bertz CT molecular complexity index is 460. The summed E-state index contributed by atoms with van der Waals surface area (Å²) in [7, 11) is 0. The first kappa shape index (κ1) is 9.85. The van der Waals surface area contributed by atoms with E-state index in [1.54, 1.807) is 0 Å². The number of thiazole rings is 1. The van der Waals surface area contributed by atoms with Crippen molar-refractivity contribution in [3.63, 3.8) is 0 Å². The summed E-state index contributed by atoms with van der Waals surface area (Å²) < 4.78 is 0. The molecule has 3 rings (SSSR count). The number of aromatic nitrogens is 1. The molecule has 16 heavy (non-hydrogen) atoms. The molecule has 1 aromatic carbocycles. The Morgan fingerprint density at radius 1 is 1.25 bits per heavy atom. The monoisotopic (exact) mass is 230 g/mol. The van der Waals surface area contributed by atoms with Gasteiger partial charge in [0, 0.05) is 22.7 Å². The van der Waals surface area contributed by atoms with Crippen molar-refractivity contribution in [3.05, 3.63) is 46.4 Å². The molecule has 2 aromatic rings. The van der Waals surface area contributed by atoms with Gasteiger partial charge in [-0.1, -0.05) is 18.2 Å². The summed E-state index contributed by atoms with van der Waals surface area (Å²) in [5, 5.41) is 4.73. The molecule has 1 heterocycles. The second-order valence-electron chi connectivity index (χ2n) is 4.16. The van der Waals surface area contributed by atoms with Gasteiger partial charge in [0.1, 0.15) is 0 Å². The van der Waals surface area contributed by atoms with Gasteiger partial charge < -0.3 is 5.32 Å². The van der Waals surface area contributed by atoms with Crippen LogP contribution < -0.4 is 5.32 Å². The fraction of sp³-hybridized carbons (Fsp3) is 0.308. The summed E-state index contributed by atoms with van der Waals surface area (Å²) in [5.41, 5.74) is 1.17. The number of hydrogen-bond acceptors (Lipinski definition) is 3. The van der Waals surface area contributed by atoms with Gasteiger partial charge in [0.2, 0.25) is 0 Å². The number of nitrogens with one attached hydrogen (secondary N) is 1. The first-order valence-corrected chi connectivity index (χ1v) is 6.47. The van der Waals surface area contributed by atoms with Gasteiger partial charge in [-0.05, 0) is 25.0 Å². The lowest BCUT2D eigenvalue weighted by atomic mass is 10.3. The van der Waals surface area contributed by atoms with E-state index in [0.29, 0.717) is 0 Å². The lowest BCUT2D eigenvalue weighted by Gasteiger charge is -2.02. The Morgan fingerprint density at radius 3 is 2.81 bits per heavy atom. The molecule has 0 atom stereocenters. The van der Waals surface area contributed by atoms with E-state index in [-0.39, 0.29) is 0 Å². The molecule has 0 saturated heterocycles. The molecule has 2 nitrogen and oxygen atoms in total. The summed E-state index contributed by atoms with van der Waals surface area (Å²) >= 11 is 1.85. The van der Waals surface area contributed by atoms with Crippen LogP contribution in [-0.2, 0) is 6.54 Å². The van der Waals surface area contributed by atoms with Crippen LogP contribution in [0.5, 0.6) is 0 Å². The zero-order valence-corrected chi connectivity index (χ0v) is 9.83. The van der Waals surface area contributed by atoms with Crippen molar-refractivity contribution < 1.29 is 0 Å². The Labute approximate surface area is 99.4 Å². The van der Waals surface area contributed by atoms with Crippen LogP contribution in [0.2, 0.25) is 0 Å². The number of benzene rings is 1. The second kappa shape index (κ2) is 4.26. The van der Waals surface area contributed by atoms with E-state index in [1.165, 1.54) is 28.4 Å². The second-order valence-corrected chi connectivity index (χ2v) is 5.31. The Kier molecular flexibility index (Phi) is 2.62. The third-order valence-corrected chi connectivity index (χ3v) is 3.90. The van der Waals surface area contributed by atoms with Gasteiger partial charge in [0.05, 0.1) is 11.6 Å². The van der Waals surface area contributed by atoms with Gasteiger partial charge >= 0.3 is 0 Å². The van der Waals surface area contributed by atoms with Gasteiger partial charge in [-0.2, -0.15) is 0 Å². The lowest BCUT2D eigenvalue weighted by molar-refractivity contribution is 1.08. The first-order chi connectivity index (χ1) is 7.92. The van der Waals surface area contributed by atoms with E-state index in [9.17, 15) is 0 Å². The average Bonchev–Trinajstić information content (AvgIpc) is 3.08. The normalized spacial score (nSPS) is 15.0. The summed E-state index contributed by atoms with van der Waals surface area (Å²) in [6, 6.07) is 10.3. The number of anilines is 1. The Morgan fingerprint density at radius 2 is 2.06 bits per heavy atom. The number of para-hydroxylation sites is 1. The van der Waals surface area contributed by atoms with Crippen LogP contribution in [0.25, 0.3) is 0 Å². The largest absolute Gasteiger partial charge is 0.380 e. The minimum atomic E-state index is 0.774. The lowest BCUT2D eigenvalue weighted by Crippen LogP contribution is -1.96. The third kappa shape index (κ3) is 2.25. The number of hydrogen-bond donors (Lipinski definition) is 1. The first-order valence-electron chi connectivity index (χ1n) is 5.65. The maximum Gasteiger partial charge on any atom is 0.0959 e. The summed E-state index contributed by atoms with van der Waals surface area (Å²) in [6.45, 7) is 0.883. The molecule has 1 fully saturated rings. The van der Waals surface area contributed by atoms with E-state index in [1.807, 2.05) is 35.7 Å². The van der Waals surface area contributed by atoms with Gasteiger partial charge in [-0.25, -0.2) is 4.98 Å². The summed E-state index contributed by atoms with van der Waals surface area (Å²) in [4.78, 5) is 5.79. The van der Waals surface area contributed by atoms with E-state index in [4.69, 9.17) is 0 Å². The van der Waals surface area contributed by atoms with Crippen LogP contribution in [-0.4, -0.2) is 4.98 Å².